The summed E-state index contributed by atoms with van der Waals surface area (Å²) in [6.07, 6.45) is 0. The summed E-state index contributed by atoms with van der Waals surface area (Å²) in [5.74, 6) is 0.837. The van der Waals surface area contributed by atoms with Crippen LogP contribution in [0.1, 0.15) is 22.3 Å². The lowest BCUT2D eigenvalue weighted by atomic mass is 9.67. The van der Waals surface area contributed by atoms with E-state index in [1.165, 1.54) is 59.6 Å². The van der Waals surface area contributed by atoms with Gasteiger partial charge in [0.1, 0.15) is 16.0 Å². The van der Waals surface area contributed by atoms with Crippen molar-refractivity contribution in [3.63, 3.8) is 0 Å². The maximum atomic E-state index is 5.63. The highest BCUT2D eigenvalue weighted by molar-refractivity contribution is 7.25. The van der Waals surface area contributed by atoms with Crippen LogP contribution >= 0.6 is 11.3 Å². The zero-order chi connectivity index (χ0) is 36.1. The molecule has 11 aromatic rings. The molecule has 0 radical (unpaired) electrons. The number of hydrogen-bond acceptors (Lipinski definition) is 3. The number of benzene rings is 8. The lowest BCUT2D eigenvalue weighted by Crippen LogP contribution is -2.28. The molecule has 55 heavy (non-hydrogen) atoms. The molecule has 1 aliphatic carbocycles. The van der Waals surface area contributed by atoms with Crippen LogP contribution < -0.4 is 0 Å². The smallest absolute Gasteiger partial charge is 0.166 e. The van der Waals surface area contributed by atoms with E-state index >= 15 is 0 Å². The van der Waals surface area contributed by atoms with E-state index < -0.39 is 5.41 Å². The van der Waals surface area contributed by atoms with Crippen molar-refractivity contribution >= 4 is 64.3 Å². The summed E-state index contributed by atoms with van der Waals surface area (Å²) >= 11 is 1.71. The first-order valence-corrected chi connectivity index (χ1v) is 19.6. The van der Waals surface area contributed by atoms with Crippen LogP contribution in [0.25, 0.3) is 81.2 Å². The summed E-state index contributed by atoms with van der Waals surface area (Å²) in [6.45, 7) is 0. The van der Waals surface area contributed by atoms with Gasteiger partial charge in [-0.3, -0.25) is 4.57 Å². The van der Waals surface area contributed by atoms with Gasteiger partial charge in [0.15, 0.2) is 5.82 Å². The van der Waals surface area contributed by atoms with E-state index in [1.54, 1.807) is 11.3 Å². The topological polar surface area (TPSA) is 30.7 Å². The monoisotopic (exact) mass is 717 g/mol. The average molecular weight is 718 g/mol. The Labute approximate surface area is 321 Å². The highest BCUT2D eigenvalue weighted by atomic mass is 32.1. The number of rotatable bonds is 4. The van der Waals surface area contributed by atoms with E-state index in [0.29, 0.717) is 0 Å². The Balaban J connectivity index is 1.19. The van der Waals surface area contributed by atoms with Gasteiger partial charge >= 0.3 is 0 Å². The summed E-state index contributed by atoms with van der Waals surface area (Å²) in [4.78, 5) is 12.2. The molecule has 3 nitrogen and oxygen atoms in total. The van der Waals surface area contributed by atoms with Crippen molar-refractivity contribution in [3.8, 4) is 28.2 Å². The van der Waals surface area contributed by atoms with E-state index in [0.717, 1.165) is 43.8 Å². The third kappa shape index (κ3) is 4.26. The van der Waals surface area contributed by atoms with Crippen molar-refractivity contribution in [2.75, 3.05) is 0 Å². The van der Waals surface area contributed by atoms with Crippen LogP contribution in [0.3, 0.4) is 0 Å². The molecule has 0 amide bonds. The molecule has 3 aromatic heterocycles. The lowest BCUT2D eigenvalue weighted by Gasteiger charge is -2.33. The Morgan fingerprint density at radius 1 is 0.455 bits per heavy atom. The first kappa shape index (κ1) is 30.6. The summed E-state index contributed by atoms with van der Waals surface area (Å²) in [7, 11) is 0. The number of thiophene rings is 1. The largest absolute Gasteiger partial charge is 0.292 e. The molecule has 0 atom stereocenters. The van der Waals surface area contributed by atoms with Gasteiger partial charge in [0, 0.05) is 26.4 Å². The fraction of sp³-hybridized carbons (Fsp3) is 0.0196. The molecule has 0 N–H and O–H groups in total. The molecule has 4 heteroatoms. The highest BCUT2D eigenvalue weighted by Gasteiger charge is 2.46. The average Bonchev–Trinajstić information content (AvgIpc) is 3.88. The van der Waals surface area contributed by atoms with Gasteiger partial charge in [0.25, 0.3) is 0 Å². The lowest BCUT2D eigenvalue weighted by molar-refractivity contribution is 0.768. The molecular formula is C51H31N3S. The highest BCUT2D eigenvalue weighted by Crippen LogP contribution is 2.56. The van der Waals surface area contributed by atoms with E-state index in [2.05, 4.69) is 193 Å². The number of aromatic nitrogens is 3. The van der Waals surface area contributed by atoms with Gasteiger partial charge in [-0.25, -0.2) is 9.97 Å². The summed E-state index contributed by atoms with van der Waals surface area (Å²) < 4.78 is 3.54. The van der Waals surface area contributed by atoms with E-state index in [-0.39, 0.29) is 0 Å². The molecule has 3 heterocycles. The van der Waals surface area contributed by atoms with E-state index in [4.69, 9.17) is 9.97 Å². The Kier molecular flexibility index (Phi) is 6.42. The normalized spacial score (nSPS) is 13.2. The molecule has 0 bridgehead atoms. The molecule has 0 fully saturated rings. The van der Waals surface area contributed by atoms with Crippen molar-refractivity contribution in [1.29, 1.82) is 0 Å². The van der Waals surface area contributed by atoms with Crippen molar-refractivity contribution in [2.45, 2.75) is 5.41 Å². The van der Waals surface area contributed by atoms with E-state index in [9.17, 15) is 0 Å². The molecule has 12 rings (SSSR count). The maximum Gasteiger partial charge on any atom is 0.166 e. The van der Waals surface area contributed by atoms with Crippen molar-refractivity contribution < 1.29 is 0 Å². The molecule has 0 saturated carbocycles. The van der Waals surface area contributed by atoms with Crippen molar-refractivity contribution in [2.24, 2.45) is 0 Å². The molecule has 0 saturated heterocycles. The Morgan fingerprint density at radius 2 is 1.09 bits per heavy atom. The molecular weight excluding hydrogens is 687 g/mol. The fourth-order valence-electron chi connectivity index (χ4n) is 9.34. The molecule has 0 aliphatic heterocycles. The van der Waals surface area contributed by atoms with Crippen LogP contribution in [0, 0.1) is 0 Å². The van der Waals surface area contributed by atoms with Gasteiger partial charge in [0.2, 0.25) is 0 Å². The predicted octanol–water partition coefficient (Wildman–Crippen LogP) is 13.1. The van der Waals surface area contributed by atoms with Gasteiger partial charge in [0.05, 0.1) is 16.4 Å². The second-order valence-electron chi connectivity index (χ2n) is 14.5. The number of hydrogen-bond donors (Lipinski definition) is 0. The molecule has 8 aromatic carbocycles. The van der Waals surface area contributed by atoms with Gasteiger partial charge in [-0.05, 0) is 74.5 Å². The first-order valence-electron chi connectivity index (χ1n) is 18.7. The van der Waals surface area contributed by atoms with Gasteiger partial charge in [-0.1, -0.05) is 158 Å². The molecule has 0 unspecified atom stereocenters. The zero-order valence-corrected chi connectivity index (χ0v) is 30.5. The summed E-state index contributed by atoms with van der Waals surface area (Å²) in [5.41, 5.74) is 12.1. The van der Waals surface area contributed by atoms with Crippen LogP contribution in [0.4, 0.5) is 0 Å². The van der Waals surface area contributed by atoms with Gasteiger partial charge in [-0.2, -0.15) is 0 Å². The predicted molar refractivity (Wildman–Crippen MR) is 230 cm³/mol. The van der Waals surface area contributed by atoms with Crippen LogP contribution in [-0.2, 0) is 5.41 Å². The number of nitrogens with zero attached hydrogens (tertiary/aromatic N) is 3. The van der Waals surface area contributed by atoms with Crippen molar-refractivity contribution in [3.05, 3.63) is 210 Å². The minimum absolute atomic E-state index is 0.469. The third-order valence-corrected chi connectivity index (χ3v) is 12.7. The van der Waals surface area contributed by atoms with Gasteiger partial charge in [-0.15, -0.1) is 11.3 Å². The first-order chi connectivity index (χ1) is 27.3. The van der Waals surface area contributed by atoms with E-state index in [1.807, 2.05) is 0 Å². The van der Waals surface area contributed by atoms with Crippen LogP contribution in [0.15, 0.2) is 188 Å². The molecule has 1 aliphatic rings. The maximum absolute atomic E-state index is 5.63. The number of fused-ring (bicyclic) bond motifs is 10. The quantitative estimate of drug-likeness (QED) is 0.181. The second-order valence-corrected chi connectivity index (χ2v) is 15.5. The van der Waals surface area contributed by atoms with Crippen LogP contribution in [0.5, 0.6) is 0 Å². The summed E-state index contributed by atoms with van der Waals surface area (Å²) in [6, 6.07) is 68.4. The van der Waals surface area contributed by atoms with Gasteiger partial charge < -0.3 is 0 Å². The Hall–Kier alpha value is -6.88. The molecule has 256 valence electrons. The minimum atomic E-state index is -0.469. The molecule has 0 spiro atoms. The second kappa shape index (κ2) is 11.6. The Bertz CT molecular complexity index is 3280. The van der Waals surface area contributed by atoms with Crippen LogP contribution in [-0.4, -0.2) is 14.5 Å². The standard InChI is InChI=1S/C51H31N3S/c1-3-17-35(18-4-1)51(36-19-5-2-6-20-36)42-24-12-9-21-37(42)40-30-34(27-28-43(40)51)47-49(53-50-48(52-47)39-23-11-14-26-46(39)55-50)54-44-25-13-10-22-38(44)41-29-32-15-7-8-16-33(32)31-45(41)54/h1-31H. The third-order valence-electron chi connectivity index (χ3n) is 11.7. The fourth-order valence-corrected chi connectivity index (χ4v) is 10.4. The summed E-state index contributed by atoms with van der Waals surface area (Å²) in [5, 5.41) is 5.96. The number of para-hydroxylation sites is 1. The van der Waals surface area contributed by atoms with Crippen LogP contribution in [0.2, 0.25) is 0 Å². The Morgan fingerprint density at radius 3 is 1.89 bits per heavy atom. The minimum Gasteiger partial charge on any atom is -0.292 e. The SMILES string of the molecule is c1ccc(C2(c3ccccc3)c3ccccc3-c3cc(-c4nc5c(nc4-n4c6ccccc6c6cc7ccccc7cc64)sc4ccccc45)ccc32)cc1. The van der Waals surface area contributed by atoms with Crippen molar-refractivity contribution in [1.82, 2.24) is 14.5 Å². The zero-order valence-electron chi connectivity index (χ0n) is 29.6.